The molecule has 21 heavy (non-hydrogen) atoms. The molecule has 0 fully saturated rings. The van der Waals surface area contributed by atoms with Crippen molar-refractivity contribution in [3.8, 4) is 19.5 Å². The Balaban J connectivity index is 1.88. The number of hydrogen-bond donors (Lipinski definition) is 2. The number of aliphatic hydroxyl groups is 2. The number of hydrogen-bond acceptors (Lipinski definition) is 5. The highest BCUT2D eigenvalue weighted by Gasteiger charge is 2.12. The molecule has 106 valence electrons. The molecule has 0 aliphatic carbocycles. The highest BCUT2D eigenvalue weighted by molar-refractivity contribution is 7.26. The molecule has 3 aromatic rings. The van der Waals surface area contributed by atoms with E-state index in [0.717, 1.165) is 42.3 Å². The number of thiophene rings is 3. The predicted octanol–water partition coefficient (Wildman–Crippen LogP) is 2.45. The topological polar surface area (TPSA) is 40.5 Å². The van der Waals surface area contributed by atoms with Gasteiger partial charge in [0.2, 0.25) is 0 Å². The van der Waals surface area contributed by atoms with Crippen LogP contribution in [0.1, 0.15) is 19.7 Å². The molecule has 3 rings (SSSR count). The third-order valence-electron chi connectivity index (χ3n) is 3.17. The largest absolute Gasteiger partial charge is 0.404 e. The van der Waals surface area contributed by atoms with Gasteiger partial charge in [0.1, 0.15) is 0 Å². The van der Waals surface area contributed by atoms with Gasteiger partial charge in [0.05, 0.1) is 0 Å². The van der Waals surface area contributed by atoms with E-state index in [1.807, 2.05) is 12.1 Å². The Labute approximate surface area is 151 Å². The Morgan fingerprint density at radius 1 is 0.619 bits per heavy atom. The van der Waals surface area contributed by atoms with Crippen LogP contribution in [0.15, 0.2) is 36.4 Å². The third-order valence-corrected chi connectivity index (χ3v) is 9.24. The molecule has 0 bridgehead atoms. The summed E-state index contributed by atoms with van der Waals surface area (Å²) >= 11 is 6.66. The molecule has 3 heterocycles. The van der Waals surface area contributed by atoms with Gasteiger partial charge in [-0.05, 0) is 36.4 Å². The molecule has 0 amide bonds. The fourth-order valence-electron chi connectivity index (χ4n) is 2.02. The molecular formula is C14H14Al2O2S3. The second-order valence-electron chi connectivity index (χ2n) is 4.92. The summed E-state index contributed by atoms with van der Waals surface area (Å²) in [7, 11) is 0. The van der Waals surface area contributed by atoms with Crippen LogP contribution in [-0.2, 0) is 0 Å². The van der Waals surface area contributed by atoms with Gasteiger partial charge in [-0.2, -0.15) is 0 Å². The molecular weight excluding hydrogens is 350 g/mol. The first-order chi connectivity index (χ1) is 10.0. The van der Waals surface area contributed by atoms with Crippen LogP contribution < -0.4 is 0 Å². The number of rotatable bonds is 4. The molecule has 2 unspecified atom stereocenters. The molecule has 0 aliphatic heterocycles. The fourth-order valence-corrected chi connectivity index (χ4v) is 6.19. The average Bonchev–Trinajstić information content (AvgIpc) is 3.18. The summed E-state index contributed by atoms with van der Waals surface area (Å²) < 4.78 is 0. The maximum Gasteiger partial charge on any atom is 0.267 e. The van der Waals surface area contributed by atoms with Gasteiger partial charge >= 0.3 is 0 Å². The molecule has 0 aliphatic rings. The van der Waals surface area contributed by atoms with Gasteiger partial charge in [-0.25, -0.2) is 0 Å². The maximum atomic E-state index is 9.68. The summed E-state index contributed by atoms with van der Waals surface area (Å²) in [6.07, 6.45) is 0. The van der Waals surface area contributed by atoms with E-state index < -0.39 is 0 Å². The Hall–Kier alpha value is 0.0849. The van der Waals surface area contributed by atoms with Crippen molar-refractivity contribution in [2.24, 2.45) is 0 Å². The van der Waals surface area contributed by atoms with Gasteiger partial charge < -0.3 is 10.2 Å². The quantitative estimate of drug-likeness (QED) is 0.698. The van der Waals surface area contributed by atoms with Gasteiger partial charge in [-0.1, -0.05) is 0 Å². The van der Waals surface area contributed by atoms with Gasteiger partial charge in [0, 0.05) is 39.2 Å². The van der Waals surface area contributed by atoms with Crippen LogP contribution in [0.25, 0.3) is 19.5 Å². The molecule has 2 atom stereocenters. The summed E-state index contributed by atoms with van der Waals surface area (Å²) in [5, 5.41) is 19.4. The Morgan fingerprint density at radius 2 is 0.952 bits per heavy atom. The van der Waals surface area contributed by atoms with Crippen LogP contribution in [-0.4, -0.2) is 42.8 Å². The van der Waals surface area contributed by atoms with Crippen LogP contribution in [0.5, 0.6) is 0 Å². The van der Waals surface area contributed by atoms with Crippen molar-refractivity contribution in [2.75, 3.05) is 0 Å². The minimum absolute atomic E-state index is 0.266. The van der Waals surface area contributed by atoms with E-state index in [9.17, 15) is 10.2 Å². The van der Waals surface area contributed by atoms with Crippen molar-refractivity contribution in [1.29, 1.82) is 0 Å². The highest BCUT2D eigenvalue weighted by Crippen LogP contribution is 2.41. The zero-order valence-corrected chi connectivity index (χ0v) is 18.2. The van der Waals surface area contributed by atoms with Crippen LogP contribution in [0.3, 0.4) is 0 Å². The predicted molar refractivity (Wildman–Crippen MR) is 98.0 cm³/mol. The van der Waals surface area contributed by atoms with E-state index in [1.54, 1.807) is 34.0 Å². The summed E-state index contributed by atoms with van der Waals surface area (Å²) in [4.78, 5) is 6.51. The van der Waals surface area contributed by atoms with E-state index in [1.165, 1.54) is 19.5 Å². The van der Waals surface area contributed by atoms with E-state index in [-0.39, 0.29) is 9.93 Å². The van der Waals surface area contributed by atoms with Crippen molar-refractivity contribution in [2.45, 2.75) is 9.93 Å². The second kappa shape index (κ2) is 6.68. The molecule has 0 saturated carbocycles. The van der Waals surface area contributed by atoms with Crippen molar-refractivity contribution < 1.29 is 10.2 Å². The molecule has 0 aromatic carbocycles. The van der Waals surface area contributed by atoms with Crippen LogP contribution in [0.4, 0.5) is 0 Å². The summed E-state index contributed by atoms with van der Waals surface area (Å²) in [5.74, 6) is 0. The van der Waals surface area contributed by atoms with Gasteiger partial charge in [0.15, 0.2) is 0 Å². The lowest BCUT2D eigenvalue weighted by Gasteiger charge is -1.97. The van der Waals surface area contributed by atoms with Gasteiger partial charge in [-0.3, -0.25) is 0 Å². The normalized spacial score (nSPS) is 14.2. The lowest BCUT2D eigenvalue weighted by atomic mass is 10.3. The van der Waals surface area contributed by atoms with Crippen LogP contribution in [0.2, 0.25) is 0 Å². The highest BCUT2D eigenvalue weighted by atomic mass is 32.1. The van der Waals surface area contributed by atoms with Crippen LogP contribution in [0, 0.1) is 0 Å². The minimum Gasteiger partial charge on any atom is -0.404 e. The maximum absolute atomic E-state index is 9.68. The van der Waals surface area contributed by atoms with E-state index in [0.29, 0.717) is 0 Å². The Kier molecular flexibility index (Phi) is 5.08. The minimum atomic E-state index is -0.266. The molecule has 3 aromatic heterocycles. The van der Waals surface area contributed by atoms with Crippen LogP contribution >= 0.6 is 34.0 Å². The van der Waals surface area contributed by atoms with Crippen molar-refractivity contribution in [3.63, 3.8) is 0 Å². The first-order valence-electron chi connectivity index (χ1n) is 6.71. The molecule has 7 heteroatoms. The van der Waals surface area contributed by atoms with Gasteiger partial charge in [-0.15, -0.1) is 34.0 Å². The molecule has 2 nitrogen and oxygen atoms in total. The zero-order chi connectivity index (χ0) is 15.0. The summed E-state index contributed by atoms with van der Waals surface area (Å²) in [6, 6.07) is 12.5. The summed E-state index contributed by atoms with van der Waals surface area (Å²) in [5.41, 5.74) is 0. The fraction of sp³-hybridized carbons (Fsp3) is 0.143. The summed E-state index contributed by atoms with van der Waals surface area (Å²) in [6.45, 7) is 0. The SMILES string of the molecule is O[CH]([AlH2])c1ccc(-c2ccc(-c3ccc([CH](O)[AlH2])s3)s2)s1. The Bertz CT molecular complexity index is 682. The standard InChI is InChI=1S/C14H10O2S3.2Al.4H/c15-7-9-1-3-11(17-9)13-5-6-14(19-13)12-4-2-10(8-16)18-12;;;;;;/h1-8,15-16H;;;;;;. The molecule has 2 N–H and O–H groups in total. The third kappa shape index (κ3) is 3.54. The van der Waals surface area contributed by atoms with E-state index >= 15 is 0 Å². The number of aliphatic hydroxyl groups excluding tert-OH is 2. The van der Waals surface area contributed by atoms with Gasteiger partial charge in [0.25, 0.3) is 32.6 Å². The second-order valence-corrected chi connectivity index (χ2v) is 10.4. The molecule has 0 spiro atoms. The lowest BCUT2D eigenvalue weighted by Crippen LogP contribution is -1.89. The zero-order valence-electron chi connectivity index (χ0n) is 11.7. The van der Waals surface area contributed by atoms with Crippen molar-refractivity contribution >= 4 is 66.6 Å². The molecule has 0 saturated heterocycles. The molecule has 0 radical (unpaired) electrons. The monoisotopic (exact) mass is 364 g/mol. The smallest absolute Gasteiger partial charge is 0.267 e. The Morgan fingerprint density at radius 3 is 1.29 bits per heavy atom. The van der Waals surface area contributed by atoms with Crippen molar-refractivity contribution in [1.82, 2.24) is 0 Å². The van der Waals surface area contributed by atoms with E-state index in [4.69, 9.17) is 0 Å². The first-order valence-corrected chi connectivity index (χ1v) is 11.5. The average molecular weight is 364 g/mol. The lowest BCUT2D eigenvalue weighted by molar-refractivity contribution is 0.265. The first kappa shape index (κ1) is 16.0. The van der Waals surface area contributed by atoms with E-state index in [2.05, 4.69) is 24.3 Å². The van der Waals surface area contributed by atoms with Crippen molar-refractivity contribution in [3.05, 3.63) is 46.2 Å².